The van der Waals surface area contributed by atoms with Crippen molar-refractivity contribution in [2.75, 3.05) is 6.61 Å². The van der Waals surface area contributed by atoms with Gasteiger partial charge in [0.2, 0.25) is 0 Å². The quantitative estimate of drug-likeness (QED) is 0.381. The molecule has 3 aliphatic heterocycles. The number of carbonyl (C=O) groups is 1. The van der Waals surface area contributed by atoms with E-state index in [2.05, 4.69) is 6.58 Å². The summed E-state index contributed by atoms with van der Waals surface area (Å²) in [6, 6.07) is 0. The van der Waals surface area contributed by atoms with Gasteiger partial charge in [0.15, 0.2) is 0 Å². The van der Waals surface area contributed by atoms with E-state index in [1.807, 2.05) is 6.92 Å². The summed E-state index contributed by atoms with van der Waals surface area (Å²) in [4.78, 5) is 12.4. The second-order valence-corrected chi connectivity index (χ2v) is 7.41. The molecule has 0 aromatic rings. The Morgan fingerprint density at radius 3 is 2.71 bits per heavy atom. The van der Waals surface area contributed by atoms with Crippen molar-refractivity contribution in [1.82, 2.24) is 0 Å². The number of esters is 1. The van der Waals surface area contributed by atoms with Gasteiger partial charge in [-0.2, -0.15) is 0 Å². The molecular formula is C15H18O6. The van der Waals surface area contributed by atoms with Crippen LogP contribution >= 0.6 is 0 Å². The minimum atomic E-state index is -1.47. The number of hydrogen-bond donors (Lipinski definition) is 2. The highest BCUT2D eigenvalue weighted by Crippen LogP contribution is 2.74. The molecule has 6 heteroatoms. The van der Waals surface area contributed by atoms with E-state index in [0.717, 1.165) is 5.57 Å². The Morgan fingerprint density at radius 1 is 1.33 bits per heavy atom. The number of ether oxygens (including phenoxy) is 3. The molecule has 0 spiro atoms. The standard InChI is InChI=1S/C15H18O6/c1-5(2)6-7-12(16)20-8(6)9-13(3)14(17,4-19-9)10-11(21-10)15(7,13)18/h6-11,17-18H,1,4H2,2-3H3/t6-,7+,8-,9+,10+,11-,13-,14+,15-/m0/s1. The number of carbonyl (C=O) groups excluding carboxylic acids is 1. The third-order valence-corrected chi connectivity index (χ3v) is 6.74. The molecule has 5 fully saturated rings. The van der Waals surface area contributed by atoms with Crippen LogP contribution in [0.4, 0.5) is 0 Å². The van der Waals surface area contributed by atoms with E-state index in [4.69, 9.17) is 14.2 Å². The van der Waals surface area contributed by atoms with Gasteiger partial charge in [0, 0.05) is 5.92 Å². The molecule has 3 saturated heterocycles. The Bertz CT molecular complexity index is 603. The fourth-order valence-corrected chi connectivity index (χ4v) is 5.65. The van der Waals surface area contributed by atoms with Crippen molar-refractivity contribution in [3.8, 4) is 0 Å². The van der Waals surface area contributed by atoms with E-state index < -0.39 is 52.9 Å². The first-order chi connectivity index (χ1) is 9.78. The molecule has 114 valence electrons. The molecule has 2 bridgehead atoms. The van der Waals surface area contributed by atoms with Crippen molar-refractivity contribution in [2.45, 2.75) is 49.5 Å². The molecule has 0 amide bonds. The summed E-state index contributed by atoms with van der Waals surface area (Å²) in [5.74, 6) is -1.48. The molecule has 2 aliphatic carbocycles. The average molecular weight is 294 g/mol. The van der Waals surface area contributed by atoms with Gasteiger partial charge >= 0.3 is 5.97 Å². The number of fused-ring (bicyclic) bond motifs is 7. The highest BCUT2D eigenvalue weighted by Gasteiger charge is 2.93. The maximum absolute atomic E-state index is 12.4. The molecule has 3 heterocycles. The van der Waals surface area contributed by atoms with E-state index in [9.17, 15) is 15.0 Å². The van der Waals surface area contributed by atoms with Gasteiger partial charge in [0.1, 0.15) is 35.6 Å². The first-order valence-corrected chi connectivity index (χ1v) is 7.36. The lowest BCUT2D eigenvalue weighted by molar-refractivity contribution is -0.227. The van der Waals surface area contributed by atoms with Crippen LogP contribution < -0.4 is 0 Å². The SMILES string of the molecule is C=C(C)[C@@H]1[C@@H]2OC(=O)[C@@H]1[C@]1(O)[C@H]3O[C@H]3[C@]3(O)CO[C@H]2[C@]13C. The van der Waals surface area contributed by atoms with Gasteiger partial charge in [-0.3, -0.25) is 4.79 Å². The summed E-state index contributed by atoms with van der Waals surface area (Å²) in [6.07, 6.45) is -2.02. The van der Waals surface area contributed by atoms with Crippen molar-refractivity contribution in [1.29, 1.82) is 0 Å². The van der Waals surface area contributed by atoms with Crippen LogP contribution in [-0.4, -0.2) is 58.4 Å². The smallest absolute Gasteiger partial charge is 0.313 e. The van der Waals surface area contributed by atoms with Crippen molar-refractivity contribution in [3.05, 3.63) is 12.2 Å². The minimum Gasteiger partial charge on any atom is -0.459 e. The van der Waals surface area contributed by atoms with Gasteiger partial charge < -0.3 is 24.4 Å². The number of hydrogen-bond acceptors (Lipinski definition) is 6. The van der Waals surface area contributed by atoms with Crippen molar-refractivity contribution < 1.29 is 29.2 Å². The normalized spacial score (nSPS) is 65.8. The zero-order valence-corrected chi connectivity index (χ0v) is 11.9. The molecule has 5 rings (SSSR count). The molecule has 0 aromatic carbocycles. The Hall–Kier alpha value is -0.950. The lowest BCUT2D eigenvalue weighted by Gasteiger charge is -2.53. The van der Waals surface area contributed by atoms with Crippen LogP contribution in [0.25, 0.3) is 0 Å². The van der Waals surface area contributed by atoms with E-state index in [0.29, 0.717) is 0 Å². The van der Waals surface area contributed by atoms with E-state index in [1.54, 1.807) is 6.92 Å². The van der Waals surface area contributed by atoms with Crippen LogP contribution in [0.2, 0.25) is 0 Å². The number of aliphatic hydroxyl groups is 2. The maximum Gasteiger partial charge on any atom is 0.313 e. The van der Waals surface area contributed by atoms with Gasteiger partial charge in [0.25, 0.3) is 0 Å². The number of epoxide rings is 1. The maximum atomic E-state index is 12.4. The minimum absolute atomic E-state index is 0.0985. The van der Waals surface area contributed by atoms with Crippen molar-refractivity contribution in [3.63, 3.8) is 0 Å². The fraction of sp³-hybridized carbons (Fsp3) is 0.800. The van der Waals surface area contributed by atoms with E-state index in [-0.39, 0.29) is 12.5 Å². The van der Waals surface area contributed by atoms with Crippen LogP contribution in [-0.2, 0) is 19.0 Å². The Labute approximate surface area is 121 Å². The summed E-state index contributed by atoms with van der Waals surface area (Å²) in [5, 5.41) is 22.5. The molecule has 0 unspecified atom stereocenters. The average Bonchev–Trinajstić information content (AvgIpc) is 3.05. The van der Waals surface area contributed by atoms with Gasteiger partial charge in [-0.05, 0) is 6.92 Å². The molecular weight excluding hydrogens is 276 g/mol. The largest absolute Gasteiger partial charge is 0.459 e. The van der Waals surface area contributed by atoms with Crippen LogP contribution in [0.3, 0.4) is 0 Å². The molecule has 0 aromatic heterocycles. The lowest BCUT2D eigenvalue weighted by atomic mass is 9.52. The first kappa shape index (κ1) is 12.6. The third-order valence-electron chi connectivity index (χ3n) is 6.74. The van der Waals surface area contributed by atoms with Crippen LogP contribution in [0.1, 0.15) is 13.8 Å². The summed E-state index contributed by atoms with van der Waals surface area (Å²) >= 11 is 0. The third kappa shape index (κ3) is 0.933. The monoisotopic (exact) mass is 294 g/mol. The lowest BCUT2D eigenvalue weighted by Crippen LogP contribution is -2.70. The molecule has 0 radical (unpaired) electrons. The highest BCUT2D eigenvalue weighted by molar-refractivity contribution is 5.80. The summed E-state index contributed by atoms with van der Waals surface area (Å²) in [5.41, 5.74) is -2.90. The Morgan fingerprint density at radius 2 is 2.05 bits per heavy atom. The summed E-state index contributed by atoms with van der Waals surface area (Å²) < 4.78 is 16.9. The second kappa shape index (κ2) is 3.06. The molecule has 2 N–H and O–H groups in total. The molecule has 9 atom stereocenters. The zero-order valence-electron chi connectivity index (χ0n) is 11.9. The van der Waals surface area contributed by atoms with E-state index in [1.165, 1.54) is 0 Å². The molecule has 21 heavy (non-hydrogen) atoms. The Balaban J connectivity index is 1.79. The fourth-order valence-electron chi connectivity index (χ4n) is 5.65. The van der Waals surface area contributed by atoms with Gasteiger partial charge in [-0.25, -0.2) is 0 Å². The van der Waals surface area contributed by atoms with Gasteiger partial charge in [-0.1, -0.05) is 19.1 Å². The molecule has 5 aliphatic rings. The summed E-state index contributed by atoms with van der Waals surface area (Å²) in [6.45, 7) is 7.69. The van der Waals surface area contributed by atoms with Gasteiger partial charge in [-0.15, -0.1) is 0 Å². The Kier molecular flexibility index (Phi) is 1.83. The van der Waals surface area contributed by atoms with Crippen LogP contribution in [0, 0.1) is 17.3 Å². The predicted molar refractivity (Wildman–Crippen MR) is 68.1 cm³/mol. The summed E-state index contributed by atoms with van der Waals surface area (Å²) in [7, 11) is 0. The molecule has 2 saturated carbocycles. The predicted octanol–water partition coefficient (Wildman–Crippen LogP) is -0.618. The van der Waals surface area contributed by atoms with E-state index >= 15 is 0 Å². The van der Waals surface area contributed by atoms with Crippen molar-refractivity contribution in [2.24, 2.45) is 17.3 Å². The van der Waals surface area contributed by atoms with Crippen LogP contribution in [0.5, 0.6) is 0 Å². The zero-order chi connectivity index (χ0) is 14.9. The highest BCUT2D eigenvalue weighted by atomic mass is 16.7. The van der Waals surface area contributed by atoms with Gasteiger partial charge in [0.05, 0.1) is 17.9 Å². The van der Waals surface area contributed by atoms with Crippen molar-refractivity contribution >= 4 is 5.97 Å². The molecule has 6 nitrogen and oxygen atoms in total. The van der Waals surface area contributed by atoms with Crippen LogP contribution in [0.15, 0.2) is 12.2 Å². The topological polar surface area (TPSA) is 88.5 Å². The first-order valence-electron chi connectivity index (χ1n) is 7.36. The number of rotatable bonds is 1. The second-order valence-electron chi connectivity index (χ2n) is 7.41.